The second kappa shape index (κ2) is 3.76. The number of hydrogen-bond acceptors (Lipinski definition) is 3. The quantitative estimate of drug-likeness (QED) is 0.400. The molecule has 0 aromatic carbocycles. The summed E-state index contributed by atoms with van der Waals surface area (Å²) >= 11 is -2.02. The van der Waals surface area contributed by atoms with Gasteiger partial charge in [-0.25, -0.2) is 4.21 Å². The van der Waals surface area contributed by atoms with Crippen LogP contribution in [-0.2, 0) is 20.6 Å². The molecule has 0 spiro atoms. The highest BCUT2D eigenvalue weighted by Crippen LogP contribution is 1.70. The van der Waals surface area contributed by atoms with Gasteiger partial charge in [-0.05, 0) is 0 Å². The van der Waals surface area contributed by atoms with Crippen molar-refractivity contribution in [3.05, 3.63) is 0 Å². The Bertz CT molecular complexity index is 79.8. The molecule has 0 aromatic heterocycles. The largest absolute Gasteiger partial charge is 0.452 e. The summed E-state index contributed by atoms with van der Waals surface area (Å²) in [5, 5.41) is 0. The zero-order valence-corrected chi connectivity index (χ0v) is 4.18. The molecule has 42 valence electrons. The second-order valence-corrected chi connectivity index (χ2v) is 1.58. The summed E-state index contributed by atoms with van der Waals surface area (Å²) in [6.45, 7) is 0.119. The standard InChI is InChI=1S/C2H4O4S/c3-1-6-2-7(4)5/h1H,2H2,(H,4,5). The van der Waals surface area contributed by atoms with Crippen molar-refractivity contribution < 1.29 is 18.3 Å². The van der Waals surface area contributed by atoms with E-state index in [2.05, 4.69) is 4.74 Å². The van der Waals surface area contributed by atoms with E-state index in [9.17, 15) is 9.00 Å². The smallest absolute Gasteiger partial charge is 0.294 e. The van der Waals surface area contributed by atoms with Crippen molar-refractivity contribution in [1.82, 2.24) is 0 Å². The molecule has 0 fully saturated rings. The Balaban J connectivity index is 2.97. The second-order valence-electron chi connectivity index (χ2n) is 0.702. The molecule has 0 saturated heterocycles. The molecule has 0 heterocycles. The van der Waals surface area contributed by atoms with Crippen molar-refractivity contribution in [3.8, 4) is 0 Å². The molecule has 0 rings (SSSR count). The van der Waals surface area contributed by atoms with Crippen LogP contribution in [0, 0.1) is 0 Å². The van der Waals surface area contributed by atoms with Crippen LogP contribution in [0.4, 0.5) is 0 Å². The molecule has 0 aliphatic heterocycles. The monoisotopic (exact) mass is 124 g/mol. The Morgan fingerprint density at radius 2 is 2.43 bits per heavy atom. The first-order valence-corrected chi connectivity index (χ1v) is 2.67. The highest BCUT2D eigenvalue weighted by Gasteiger charge is 1.86. The molecular formula is C2H4O4S. The molecule has 0 saturated carbocycles. The van der Waals surface area contributed by atoms with Crippen LogP contribution in [0.2, 0.25) is 0 Å². The topological polar surface area (TPSA) is 63.6 Å². The lowest BCUT2D eigenvalue weighted by atomic mass is 11.5. The molecule has 5 heteroatoms. The minimum atomic E-state index is -2.02. The van der Waals surface area contributed by atoms with Crippen molar-refractivity contribution in [2.75, 3.05) is 5.94 Å². The van der Waals surface area contributed by atoms with Crippen LogP contribution < -0.4 is 0 Å². The van der Waals surface area contributed by atoms with Crippen LogP contribution in [0.15, 0.2) is 0 Å². The Morgan fingerprint density at radius 3 is 2.57 bits per heavy atom. The van der Waals surface area contributed by atoms with Gasteiger partial charge in [-0.2, -0.15) is 0 Å². The summed E-state index contributed by atoms with van der Waals surface area (Å²) in [5.41, 5.74) is 0. The molecule has 0 amide bonds. The molecule has 0 aliphatic rings. The predicted octanol–water partition coefficient (Wildman–Crippen LogP) is -0.661. The fourth-order valence-electron chi connectivity index (χ4n) is 0.0860. The molecule has 0 radical (unpaired) electrons. The SMILES string of the molecule is O=COCS(=O)O. The van der Waals surface area contributed by atoms with Gasteiger partial charge in [-0.3, -0.25) is 4.79 Å². The van der Waals surface area contributed by atoms with Crippen molar-refractivity contribution in [2.45, 2.75) is 0 Å². The van der Waals surface area contributed by atoms with Crippen molar-refractivity contribution in [3.63, 3.8) is 0 Å². The number of hydrogen-bond donors (Lipinski definition) is 1. The maximum atomic E-state index is 9.59. The van der Waals surface area contributed by atoms with Crippen LogP contribution >= 0.6 is 0 Å². The van der Waals surface area contributed by atoms with Crippen LogP contribution in [0.3, 0.4) is 0 Å². The lowest BCUT2D eigenvalue weighted by Gasteiger charge is -1.86. The first-order chi connectivity index (χ1) is 3.27. The van der Waals surface area contributed by atoms with Gasteiger partial charge in [0.15, 0.2) is 17.0 Å². The fourth-order valence-corrected chi connectivity index (χ4v) is 0.258. The number of rotatable bonds is 3. The minimum absolute atomic E-state index is 0.119. The van der Waals surface area contributed by atoms with Gasteiger partial charge in [0.2, 0.25) is 0 Å². The number of carbonyl (C=O) groups is 1. The average molecular weight is 124 g/mol. The number of ether oxygens (including phenoxy) is 1. The first kappa shape index (κ1) is 6.58. The highest BCUT2D eigenvalue weighted by molar-refractivity contribution is 7.79. The van der Waals surface area contributed by atoms with Crippen LogP contribution in [0.5, 0.6) is 0 Å². The van der Waals surface area contributed by atoms with Crippen LogP contribution in [0.1, 0.15) is 0 Å². The zero-order chi connectivity index (χ0) is 5.70. The van der Waals surface area contributed by atoms with Gasteiger partial charge < -0.3 is 9.29 Å². The van der Waals surface area contributed by atoms with E-state index >= 15 is 0 Å². The molecule has 1 N–H and O–H groups in total. The van der Waals surface area contributed by atoms with Crippen LogP contribution in [0.25, 0.3) is 0 Å². The summed E-state index contributed by atoms with van der Waals surface area (Å²) in [6, 6.07) is 0. The van der Waals surface area contributed by atoms with E-state index in [-0.39, 0.29) is 6.47 Å². The molecular weight excluding hydrogens is 120 g/mol. The van der Waals surface area contributed by atoms with Crippen molar-refractivity contribution in [2.24, 2.45) is 0 Å². The van der Waals surface area contributed by atoms with Gasteiger partial charge in [0, 0.05) is 0 Å². The first-order valence-electron chi connectivity index (χ1n) is 1.40. The normalized spacial score (nSPS) is 12.7. The van der Waals surface area contributed by atoms with Gasteiger partial charge in [0.1, 0.15) is 0 Å². The van der Waals surface area contributed by atoms with E-state index in [0.717, 1.165) is 0 Å². The van der Waals surface area contributed by atoms with E-state index in [1.165, 1.54) is 0 Å². The molecule has 1 unspecified atom stereocenters. The third kappa shape index (κ3) is 5.58. The summed E-state index contributed by atoms with van der Waals surface area (Å²) < 4.78 is 21.3. The number of carbonyl (C=O) groups excluding carboxylic acids is 1. The molecule has 0 aromatic rings. The van der Waals surface area contributed by atoms with E-state index in [0.29, 0.717) is 0 Å². The fraction of sp³-hybridized carbons (Fsp3) is 0.500. The third-order valence-corrected chi connectivity index (χ3v) is 0.575. The Morgan fingerprint density at radius 1 is 1.86 bits per heavy atom. The summed E-state index contributed by atoms with van der Waals surface area (Å²) in [7, 11) is 0. The summed E-state index contributed by atoms with van der Waals surface area (Å²) in [5.74, 6) is -0.441. The van der Waals surface area contributed by atoms with Gasteiger partial charge in [0.05, 0.1) is 0 Å². The molecule has 1 atom stereocenters. The Hall–Kier alpha value is -0.420. The maximum Gasteiger partial charge on any atom is 0.294 e. The molecule has 0 aliphatic carbocycles. The van der Waals surface area contributed by atoms with Gasteiger partial charge >= 0.3 is 0 Å². The van der Waals surface area contributed by atoms with Crippen molar-refractivity contribution >= 4 is 17.6 Å². The van der Waals surface area contributed by atoms with E-state index < -0.39 is 17.0 Å². The minimum Gasteiger partial charge on any atom is -0.452 e. The van der Waals surface area contributed by atoms with Gasteiger partial charge in [-0.1, -0.05) is 0 Å². The Labute approximate surface area is 42.8 Å². The Kier molecular flexibility index (Phi) is 3.53. The predicted molar refractivity (Wildman–Crippen MR) is 22.8 cm³/mol. The molecule has 7 heavy (non-hydrogen) atoms. The van der Waals surface area contributed by atoms with Gasteiger partial charge in [0.25, 0.3) is 6.47 Å². The lowest BCUT2D eigenvalue weighted by molar-refractivity contribution is -0.126. The zero-order valence-electron chi connectivity index (χ0n) is 3.36. The average Bonchev–Trinajstić information content (AvgIpc) is 1.61. The lowest BCUT2D eigenvalue weighted by Crippen LogP contribution is -1.97. The van der Waals surface area contributed by atoms with E-state index in [1.54, 1.807) is 0 Å². The maximum absolute atomic E-state index is 9.59. The highest BCUT2D eigenvalue weighted by atomic mass is 32.2. The summed E-state index contributed by atoms with van der Waals surface area (Å²) in [6.07, 6.45) is 0. The third-order valence-electron chi connectivity index (χ3n) is 0.237. The van der Waals surface area contributed by atoms with Crippen LogP contribution in [-0.4, -0.2) is 21.2 Å². The van der Waals surface area contributed by atoms with E-state index in [1.807, 2.05) is 0 Å². The van der Waals surface area contributed by atoms with Crippen molar-refractivity contribution in [1.29, 1.82) is 0 Å². The summed E-state index contributed by atoms with van der Waals surface area (Å²) in [4.78, 5) is 9.24. The molecule has 4 nitrogen and oxygen atoms in total. The van der Waals surface area contributed by atoms with E-state index in [4.69, 9.17) is 4.55 Å². The molecule has 0 bridgehead atoms. The van der Waals surface area contributed by atoms with Gasteiger partial charge in [-0.15, -0.1) is 0 Å².